The van der Waals surface area contributed by atoms with Crippen molar-refractivity contribution in [2.75, 3.05) is 32.1 Å². The van der Waals surface area contributed by atoms with Gasteiger partial charge in [0.25, 0.3) is 0 Å². The summed E-state index contributed by atoms with van der Waals surface area (Å²) in [5.74, 6) is 0.506. The zero-order chi connectivity index (χ0) is 15.6. The van der Waals surface area contributed by atoms with Gasteiger partial charge < -0.3 is 16.0 Å². The lowest BCUT2D eigenvalue weighted by atomic mass is 10.3. The van der Waals surface area contributed by atoms with Crippen LogP contribution in [0.25, 0.3) is 0 Å². The van der Waals surface area contributed by atoms with Gasteiger partial charge in [-0.05, 0) is 19.8 Å². The Balaban J connectivity index is 4.06. The molecule has 0 fully saturated rings. The summed E-state index contributed by atoms with van der Waals surface area (Å²) in [6.45, 7) is 4.64. The van der Waals surface area contributed by atoms with E-state index < -0.39 is 9.84 Å². The Bertz CT molecular complexity index is 420. The average molecular weight is 306 g/mol. The third kappa shape index (κ3) is 10.6. The van der Waals surface area contributed by atoms with E-state index in [2.05, 4.69) is 20.9 Å². The van der Waals surface area contributed by atoms with Gasteiger partial charge in [-0.25, -0.2) is 8.42 Å². The van der Waals surface area contributed by atoms with Crippen LogP contribution in [0.4, 0.5) is 0 Å². The molecule has 0 saturated carbocycles. The van der Waals surface area contributed by atoms with Gasteiger partial charge in [0.15, 0.2) is 5.96 Å². The molecule has 3 N–H and O–H groups in total. The Kier molecular flexibility index (Phi) is 8.94. The highest BCUT2D eigenvalue weighted by Crippen LogP contribution is 1.95. The number of sulfone groups is 1. The van der Waals surface area contributed by atoms with Crippen LogP contribution in [0.5, 0.6) is 0 Å². The zero-order valence-corrected chi connectivity index (χ0v) is 13.5. The molecule has 118 valence electrons. The molecule has 1 amide bonds. The highest BCUT2D eigenvalue weighted by Gasteiger charge is 2.10. The molecule has 0 heterocycles. The van der Waals surface area contributed by atoms with Gasteiger partial charge in [-0.2, -0.15) is 0 Å². The lowest BCUT2D eigenvalue weighted by Crippen LogP contribution is -2.46. The molecule has 0 aromatic carbocycles. The predicted octanol–water partition coefficient (Wildman–Crippen LogP) is -0.499. The summed E-state index contributed by atoms with van der Waals surface area (Å²) >= 11 is 0. The van der Waals surface area contributed by atoms with Crippen LogP contribution in [0.1, 0.15) is 26.7 Å². The molecule has 0 bridgehead atoms. The Hall–Kier alpha value is -1.31. The summed E-state index contributed by atoms with van der Waals surface area (Å²) in [7, 11) is -1.36. The Labute approximate surface area is 121 Å². The lowest BCUT2D eigenvalue weighted by molar-refractivity contribution is -0.120. The van der Waals surface area contributed by atoms with Crippen molar-refractivity contribution in [3.63, 3.8) is 0 Å². The molecule has 0 aliphatic rings. The molecule has 0 spiro atoms. The molecule has 0 radical (unpaired) electrons. The van der Waals surface area contributed by atoms with Gasteiger partial charge in [-0.15, -0.1) is 0 Å². The monoisotopic (exact) mass is 306 g/mol. The maximum atomic E-state index is 11.4. The fourth-order valence-electron chi connectivity index (χ4n) is 1.38. The highest BCUT2D eigenvalue weighted by molar-refractivity contribution is 7.90. The van der Waals surface area contributed by atoms with Gasteiger partial charge in [0.05, 0.1) is 12.3 Å². The van der Waals surface area contributed by atoms with E-state index in [-0.39, 0.29) is 24.2 Å². The summed E-state index contributed by atoms with van der Waals surface area (Å²) < 4.78 is 22.2. The van der Waals surface area contributed by atoms with E-state index in [1.54, 1.807) is 7.05 Å². The van der Waals surface area contributed by atoms with Crippen LogP contribution in [-0.4, -0.2) is 58.5 Å². The van der Waals surface area contributed by atoms with Crippen molar-refractivity contribution in [2.45, 2.75) is 32.7 Å². The summed E-state index contributed by atoms with van der Waals surface area (Å²) in [6.07, 6.45) is 2.59. The predicted molar refractivity (Wildman–Crippen MR) is 81.6 cm³/mol. The number of carbonyl (C=O) groups excluding carboxylic acids is 1. The smallest absolute Gasteiger partial charge is 0.239 e. The lowest BCUT2D eigenvalue weighted by Gasteiger charge is -2.17. The molecule has 0 aliphatic carbocycles. The number of carbonyl (C=O) groups is 1. The molecule has 7 nitrogen and oxygen atoms in total. The summed E-state index contributed by atoms with van der Waals surface area (Å²) in [5, 5.41) is 8.68. The zero-order valence-electron chi connectivity index (χ0n) is 12.7. The van der Waals surface area contributed by atoms with Gasteiger partial charge in [0, 0.05) is 25.9 Å². The number of amides is 1. The van der Waals surface area contributed by atoms with Crippen molar-refractivity contribution in [3.05, 3.63) is 0 Å². The van der Waals surface area contributed by atoms with Crippen LogP contribution in [0, 0.1) is 0 Å². The van der Waals surface area contributed by atoms with Crippen molar-refractivity contribution in [2.24, 2.45) is 4.99 Å². The number of nitrogens with one attached hydrogen (secondary N) is 3. The van der Waals surface area contributed by atoms with Crippen LogP contribution in [0.15, 0.2) is 4.99 Å². The number of guanidine groups is 1. The van der Waals surface area contributed by atoms with E-state index in [0.717, 1.165) is 6.42 Å². The maximum absolute atomic E-state index is 11.4. The van der Waals surface area contributed by atoms with Gasteiger partial charge in [0.2, 0.25) is 5.91 Å². The van der Waals surface area contributed by atoms with E-state index in [1.165, 1.54) is 6.26 Å². The number of rotatable bonds is 8. The summed E-state index contributed by atoms with van der Waals surface area (Å²) in [6, 6.07) is -0.0466. The normalized spacial score (nSPS) is 13.7. The molecule has 0 aliphatic heterocycles. The molecule has 8 heteroatoms. The number of hydrogen-bond acceptors (Lipinski definition) is 4. The van der Waals surface area contributed by atoms with Crippen LogP contribution in [0.2, 0.25) is 0 Å². The second-order valence-electron chi connectivity index (χ2n) is 4.74. The van der Waals surface area contributed by atoms with E-state index in [1.807, 2.05) is 13.8 Å². The van der Waals surface area contributed by atoms with E-state index in [4.69, 9.17) is 0 Å². The molecule has 1 atom stereocenters. The largest absolute Gasteiger partial charge is 0.355 e. The van der Waals surface area contributed by atoms with E-state index >= 15 is 0 Å². The summed E-state index contributed by atoms with van der Waals surface area (Å²) in [5.41, 5.74) is 0. The van der Waals surface area contributed by atoms with Crippen LogP contribution in [-0.2, 0) is 14.6 Å². The average Bonchev–Trinajstić information content (AvgIpc) is 2.37. The highest BCUT2D eigenvalue weighted by atomic mass is 32.2. The van der Waals surface area contributed by atoms with Gasteiger partial charge in [-0.1, -0.05) is 6.92 Å². The SMILES string of the molecule is CCCNC(=O)CNC(=NC)NC(C)CCS(C)(=O)=O. The first-order chi connectivity index (χ1) is 9.28. The van der Waals surface area contributed by atoms with E-state index in [9.17, 15) is 13.2 Å². The van der Waals surface area contributed by atoms with Gasteiger partial charge in [0.1, 0.15) is 9.84 Å². The van der Waals surface area contributed by atoms with Crippen LogP contribution < -0.4 is 16.0 Å². The molecule has 0 aromatic heterocycles. The van der Waals surface area contributed by atoms with Crippen LogP contribution >= 0.6 is 0 Å². The third-order valence-electron chi connectivity index (χ3n) is 2.52. The minimum absolute atomic E-state index is 0.0466. The number of nitrogens with zero attached hydrogens (tertiary/aromatic N) is 1. The fraction of sp³-hybridized carbons (Fsp3) is 0.833. The molecule has 0 saturated heterocycles. The van der Waals surface area contributed by atoms with Crippen molar-refractivity contribution in [3.8, 4) is 0 Å². The quantitative estimate of drug-likeness (QED) is 0.415. The molecule has 0 rings (SSSR count). The second-order valence-corrected chi connectivity index (χ2v) is 7.00. The minimum Gasteiger partial charge on any atom is -0.355 e. The van der Waals surface area contributed by atoms with Crippen molar-refractivity contribution in [1.82, 2.24) is 16.0 Å². The summed E-state index contributed by atoms with van der Waals surface area (Å²) in [4.78, 5) is 15.4. The second kappa shape index (κ2) is 9.57. The first kappa shape index (κ1) is 18.7. The number of hydrogen-bond donors (Lipinski definition) is 3. The maximum Gasteiger partial charge on any atom is 0.239 e. The topological polar surface area (TPSA) is 99.7 Å². The first-order valence-electron chi connectivity index (χ1n) is 6.70. The van der Waals surface area contributed by atoms with Crippen molar-refractivity contribution in [1.29, 1.82) is 0 Å². The van der Waals surface area contributed by atoms with Crippen molar-refractivity contribution < 1.29 is 13.2 Å². The molecular weight excluding hydrogens is 280 g/mol. The Morgan fingerprint density at radius 3 is 2.45 bits per heavy atom. The molecule has 1 unspecified atom stereocenters. The number of aliphatic imine (C=N–C) groups is 1. The van der Waals surface area contributed by atoms with Gasteiger partial charge in [-0.3, -0.25) is 9.79 Å². The van der Waals surface area contributed by atoms with E-state index in [0.29, 0.717) is 18.9 Å². The minimum atomic E-state index is -2.96. The Morgan fingerprint density at radius 2 is 1.95 bits per heavy atom. The van der Waals surface area contributed by atoms with Gasteiger partial charge >= 0.3 is 0 Å². The first-order valence-corrected chi connectivity index (χ1v) is 8.76. The Morgan fingerprint density at radius 1 is 1.30 bits per heavy atom. The third-order valence-corrected chi connectivity index (χ3v) is 3.49. The fourth-order valence-corrected chi connectivity index (χ4v) is 2.16. The van der Waals surface area contributed by atoms with Crippen molar-refractivity contribution >= 4 is 21.7 Å². The molecular formula is C12H26N4O3S. The van der Waals surface area contributed by atoms with Crippen LogP contribution in [0.3, 0.4) is 0 Å². The molecule has 0 aromatic rings. The molecule has 20 heavy (non-hydrogen) atoms. The standard InChI is InChI=1S/C12H26N4O3S/c1-5-7-14-11(17)9-15-12(13-3)16-10(2)6-8-20(4,18)19/h10H,5-9H2,1-4H3,(H,14,17)(H2,13,15,16).